The van der Waals surface area contributed by atoms with Gasteiger partial charge in [-0.25, -0.2) is 9.97 Å². The highest BCUT2D eigenvalue weighted by atomic mass is 35.5. The van der Waals surface area contributed by atoms with Gasteiger partial charge in [0.25, 0.3) is 0 Å². The van der Waals surface area contributed by atoms with Crippen LogP contribution in [0.3, 0.4) is 0 Å². The summed E-state index contributed by atoms with van der Waals surface area (Å²) in [5, 5.41) is 5.62. The highest BCUT2D eigenvalue weighted by Crippen LogP contribution is 2.30. The molecule has 0 fully saturated rings. The third-order valence-electron chi connectivity index (χ3n) is 2.90. The standard InChI is InChI=1S/C15H9ClF3N3S/c16-10-4-1-3-9(7-10)11-8-23-14(20-11)22-13-6-2-5-12(21-13)15(17,18)19/h1-8H,(H,20,21,22). The summed E-state index contributed by atoms with van der Waals surface area (Å²) in [5.41, 5.74) is 0.569. The van der Waals surface area contributed by atoms with Crippen LogP contribution in [-0.2, 0) is 6.18 Å². The van der Waals surface area contributed by atoms with E-state index in [1.807, 2.05) is 6.07 Å². The van der Waals surface area contributed by atoms with Crippen molar-refractivity contribution in [3.63, 3.8) is 0 Å². The molecule has 0 saturated heterocycles. The van der Waals surface area contributed by atoms with Crippen molar-refractivity contribution < 1.29 is 13.2 Å². The summed E-state index contributed by atoms with van der Waals surface area (Å²) in [7, 11) is 0. The van der Waals surface area contributed by atoms with Crippen LogP contribution in [0.15, 0.2) is 47.8 Å². The van der Waals surface area contributed by atoms with Gasteiger partial charge >= 0.3 is 6.18 Å². The van der Waals surface area contributed by atoms with Crippen molar-refractivity contribution in [2.45, 2.75) is 6.18 Å². The Morgan fingerprint density at radius 3 is 2.57 bits per heavy atom. The second kappa shape index (κ2) is 6.17. The molecular weight excluding hydrogens is 347 g/mol. The molecular formula is C15H9ClF3N3S. The molecule has 0 unspecified atom stereocenters. The molecule has 0 saturated carbocycles. The summed E-state index contributed by atoms with van der Waals surface area (Å²) >= 11 is 7.21. The van der Waals surface area contributed by atoms with Crippen LogP contribution >= 0.6 is 22.9 Å². The molecule has 0 spiro atoms. The van der Waals surface area contributed by atoms with Crippen molar-refractivity contribution >= 4 is 33.9 Å². The maximum Gasteiger partial charge on any atom is 0.433 e. The number of halogens is 4. The van der Waals surface area contributed by atoms with Gasteiger partial charge in [0.1, 0.15) is 11.5 Å². The summed E-state index contributed by atoms with van der Waals surface area (Å²) in [6.07, 6.45) is -4.48. The fraction of sp³-hybridized carbons (Fsp3) is 0.0667. The average Bonchev–Trinajstić information content (AvgIpc) is 2.95. The number of aromatic nitrogens is 2. The molecule has 1 N–H and O–H groups in total. The van der Waals surface area contributed by atoms with Crippen LogP contribution in [0.25, 0.3) is 11.3 Å². The summed E-state index contributed by atoms with van der Waals surface area (Å²) in [6.45, 7) is 0. The smallest absolute Gasteiger partial charge is 0.316 e. The lowest BCUT2D eigenvalue weighted by atomic mass is 10.2. The zero-order chi connectivity index (χ0) is 16.4. The van der Waals surface area contributed by atoms with Crippen LogP contribution in [0.2, 0.25) is 5.02 Å². The van der Waals surface area contributed by atoms with E-state index in [2.05, 4.69) is 15.3 Å². The van der Waals surface area contributed by atoms with E-state index in [0.29, 0.717) is 15.8 Å². The zero-order valence-electron chi connectivity index (χ0n) is 11.4. The monoisotopic (exact) mass is 355 g/mol. The van der Waals surface area contributed by atoms with E-state index >= 15 is 0 Å². The van der Waals surface area contributed by atoms with Gasteiger partial charge in [0.05, 0.1) is 5.69 Å². The van der Waals surface area contributed by atoms with E-state index in [1.165, 1.54) is 23.5 Å². The average molecular weight is 356 g/mol. The van der Waals surface area contributed by atoms with Gasteiger partial charge in [0, 0.05) is 16.0 Å². The molecule has 1 aromatic carbocycles. The number of alkyl halides is 3. The highest BCUT2D eigenvalue weighted by Gasteiger charge is 2.32. The van der Waals surface area contributed by atoms with Crippen molar-refractivity contribution in [3.8, 4) is 11.3 Å². The molecule has 23 heavy (non-hydrogen) atoms. The van der Waals surface area contributed by atoms with Crippen LogP contribution < -0.4 is 5.32 Å². The van der Waals surface area contributed by atoms with Gasteiger partial charge in [0.2, 0.25) is 0 Å². The van der Waals surface area contributed by atoms with Gasteiger partial charge in [-0.1, -0.05) is 29.8 Å². The molecule has 3 nitrogen and oxygen atoms in total. The number of benzene rings is 1. The fourth-order valence-corrected chi connectivity index (χ4v) is 2.80. The minimum absolute atomic E-state index is 0.0896. The molecule has 0 aliphatic carbocycles. The Morgan fingerprint density at radius 2 is 1.83 bits per heavy atom. The number of hydrogen-bond donors (Lipinski definition) is 1. The van der Waals surface area contributed by atoms with E-state index in [0.717, 1.165) is 11.6 Å². The van der Waals surface area contributed by atoms with E-state index in [1.54, 1.807) is 23.6 Å². The minimum atomic E-state index is -4.48. The quantitative estimate of drug-likeness (QED) is 0.662. The third-order valence-corrected chi connectivity index (χ3v) is 3.89. The molecule has 3 aromatic rings. The van der Waals surface area contributed by atoms with Crippen LogP contribution in [0.4, 0.5) is 24.1 Å². The van der Waals surface area contributed by atoms with Gasteiger partial charge < -0.3 is 5.32 Å². The van der Waals surface area contributed by atoms with Crippen molar-refractivity contribution in [3.05, 3.63) is 58.6 Å². The van der Waals surface area contributed by atoms with E-state index in [-0.39, 0.29) is 5.82 Å². The summed E-state index contributed by atoms with van der Waals surface area (Å²) in [5.74, 6) is 0.0896. The number of nitrogens with zero attached hydrogens (tertiary/aromatic N) is 2. The molecule has 0 aliphatic rings. The normalized spacial score (nSPS) is 11.5. The maximum absolute atomic E-state index is 12.7. The molecule has 8 heteroatoms. The van der Waals surface area contributed by atoms with Crippen LogP contribution in [0, 0.1) is 0 Å². The molecule has 0 atom stereocenters. The largest absolute Gasteiger partial charge is 0.433 e. The predicted molar refractivity (Wildman–Crippen MR) is 85.1 cm³/mol. The van der Waals surface area contributed by atoms with Gasteiger partial charge in [-0.3, -0.25) is 0 Å². The Kier molecular flexibility index (Phi) is 4.23. The summed E-state index contributed by atoms with van der Waals surface area (Å²) in [4.78, 5) is 7.88. The van der Waals surface area contributed by atoms with E-state index < -0.39 is 11.9 Å². The molecule has 118 valence electrons. The summed E-state index contributed by atoms with van der Waals surface area (Å²) < 4.78 is 38.0. The molecule has 3 rings (SSSR count). The maximum atomic E-state index is 12.7. The molecule has 2 aromatic heterocycles. The van der Waals surface area contributed by atoms with Crippen molar-refractivity contribution in [1.29, 1.82) is 0 Å². The predicted octanol–water partition coefficient (Wildman–Crippen LogP) is 5.62. The first-order chi connectivity index (χ1) is 10.9. The Balaban J connectivity index is 1.82. The second-order valence-corrected chi connectivity index (χ2v) is 5.87. The van der Waals surface area contributed by atoms with E-state index in [9.17, 15) is 13.2 Å². The van der Waals surface area contributed by atoms with Crippen molar-refractivity contribution in [2.24, 2.45) is 0 Å². The summed E-state index contributed by atoms with van der Waals surface area (Å²) in [6, 6.07) is 10.8. The molecule has 0 aliphatic heterocycles. The topological polar surface area (TPSA) is 37.8 Å². The molecule has 2 heterocycles. The lowest BCUT2D eigenvalue weighted by Crippen LogP contribution is -2.08. The van der Waals surface area contributed by atoms with Crippen LogP contribution in [-0.4, -0.2) is 9.97 Å². The lowest BCUT2D eigenvalue weighted by Gasteiger charge is -2.07. The Morgan fingerprint density at radius 1 is 1.04 bits per heavy atom. The first-order valence-electron chi connectivity index (χ1n) is 6.44. The Labute approximate surface area is 138 Å². The van der Waals surface area contributed by atoms with Gasteiger partial charge in [-0.15, -0.1) is 11.3 Å². The molecule has 0 amide bonds. The minimum Gasteiger partial charge on any atom is -0.316 e. The Bertz CT molecular complexity index is 833. The second-order valence-electron chi connectivity index (χ2n) is 4.58. The number of hydrogen-bond acceptors (Lipinski definition) is 4. The number of pyridine rings is 1. The first kappa shape index (κ1) is 15.8. The van der Waals surface area contributed by atoms with E-state index in [4.69, 9.17) is 11.6 Å². The SMILES string of the molecule is FC(F)(F)c1cccc(Nc2nc(-c3cccc(Cl)c3)cs2)n1. The first-order valence-corrected chi connectivity index (χ1v) is 7.70. The highest BCUT2D eigenvalue weighted by molar-refractivity contribution is 7.14. The fourth-order valence-electron chi connectivity index (χ4n) is 1.88. The van der Waals surface area contributed by atoms with Crippen molar-refractivity contribution in [1.82, 2.24) is 9.97 Å². The number of nitrogens with one attached hydrogen (secondary N) is 1. The van der Waals surface area contributed by atoms with Gasteiger partial charge in [-0.05, 0) is 24.3 Å². The van der Waals surface area contributed by atoms with Crippen LogP contribution in [0.1, 0.15) is 5.69 Å². The Hall–Kier alpha value is -2.12. The zero-order valence-corrected chi connectivity index (χ0v) is 13.0. The number of thiazole rings is 1. The number of anilines is 2. The van der Waals surface area contributed by atoms with Gasteiger partial charge in [-0.2, -0.15) is 13.2 Å². The van der Waals surface area contributed by atoms with Gasteiger partial charge in [0.15, 0.2) is 5.13 Å². The molecule has 0 radical (unpaired) electrons. The number of rotatable bonds is 3. The van der Waals surface area contributed by atoms with Crippen LogP contribution in [0.5, 0.6) is 0 Å². The molecule has 0 bridgehead atoms. The lowest BCUT2D eigenvalue weighted by molar-refractivity contribution is -0.141. The van der Waals surface area contributed by atoms with Crippen molar-refractivity contribution in [2.75, 3.05) is 5.32 Å². The third kappa shape index (κ3) is 3.80.